The molecular weight excluding hydrogens is 240 g/mol. The molecule has 19 heavy (non-hydrogen) atoms. The van der Waals surface area contributed by atoms with E-state index in [0.717, 1.165) is 32.1 Å². The largest absolute Gasteiger partial charge is 0.481 e. The number of aliphatic hydroxyl groups is 1. The van der Waals surface area contributed by atoms with Gasteiger partial charge >= 0.3 is 5.97 Å². The second-order valence-electron chi connectivity index (χ2n) is 5.19. The van der Waals surface area contributed by atoms with Crippen molar-refractivity contribution in [1.29, 1.82) is 0 Å². The van der Waals surface area contributed by atoms with Crippen molar-refractivity contribution in [1.82, 2.24) is 0 Å². The molecule has 3 nitrogen and oxygen atoms in total. The van der Waals surface area contributed by atoms with Crippen molar-refractivity contribution < 1.29 is 15.0 Å². The molecule has 0 aromatic rings. The van der Waals surface area contributed by atoms with Gasteiger partial charge in [-0.1, -0.05) is 38.3 Å². The maximum atomic E-state index is 10.3. The molecule has 0 radical (unpaired) electrons. The van der Waals surface area contributed by atoms with Crippen molar-refractivity contribution in [2.24, 2.45) is 0 Å². The first-order chi connectivity index (χ1) is 9.16. The second-order valence-corrected chi connectivity index (χ2v) is 5.19. The Morgan fingerprint density at radius 3 is 2.26 bits per heavy atom. The fourth-order valence-electron chi connectivity index (χ4n) is 2.02. The van der Waals surface area contributed by atoms with Crippen molar-refractivity contribution in [3.63, 3.8) is 0 Å². The van der Waals surface area contributed by atoms with Gasteiger partial charge in [0.05, 0.1) is 6.10 Å². The van der Waals surface area contributed by atoms with Crippen LogP contribution in [0.15, 0.2) is 12.2 Å². The first kappa shape index (κ1) is 18.2. The lowest BCUT2D eigenvalue weighted by atomic mass is 10.0. The summed E-state index contributed by atoms with van der Waals surface area (Å²) in [6.45, 7) is 2.21. The van der Waals surface area contributed by atoms with Gasteiger partial charge in [-0.25, -0.2) is 0 Å². The van der Waals surface area contributed by atoms with Crippen LogP contribution in [0.1, 0.15) is 77.6 Å². The first-order valence-corrected chi connectivity index (χ1v) is 7.71. The van der Waals surface area contributed by atoms with Crippen LogP contribution in [-0.2, 0) is 4.79 Å². The number of unbranched alkanes of at least 4 members (excludes halogenated alkanes) is 5. The lowest BCUT2D eigenvalue weighted by Gasteiger charge is -2.08. The zero-order valence-corrected chi connectivity index (χ0v) is 12.3. The fourth-order valence-corrected chi connectivity index (χ4v) is 2.02. The summed E-state index contributed by atoms with van der Waals surface area (Å²) in [5, 5.41) is 18.2. The molecule has 0 aromatic heterocycles. The van der Waals surface area contributed by atoms with Crippen LogP contribution in [0.2, 0.25) is 0 Å². The monoisotopic (exact) mass is 270 g/mol. The normalized spacial score (nSPS) is 12.9. The highest BCUT2D eigenvalue weighted by molar-refractivity contribution is 5.66. The van der Waals surface area contributed by atoms with Crippen LogP contribution in [0, 0.1) is 0 Å². The van der Waals surface area contributed by atoms with Gasteiger partial charge in [-0.3, -0.25) is 4.79 Å². The number of rotatable bonds is 13. The number of hydrogen-bond acceptors (Lipinski definition) is 2. The molecule has 0 rings (SSSR count). The van der Waals surface area contributed by atoms with Gasteiger partial charge in [0.1, 0.15) is 0 Å². The highest BCUT2D eigenvalue weighted by Crippen LogP contribution is 2.10. The van der Waals surface area contributed by atoms with Crippen molar-refractivity contribution in [2.45, 2.75) is 83.7 Å². The summed E-state index contributed by atoms with van der Waals surface area (Å²) in [6.07, 6.45) is 14.5. The molecule has 0 aliphatic rings. The average molecular weight is 270 g/mol. The molecule has 0 bridgehead atoms. The van der Waals surface area contributed by atoms with Gasteiger partial charge in [-0.05, 0) is 44.9 Å². The summed E-state index contributed by atoms with van der Waals surface area (Å²) in [4.78, 5) is 10.3. The van der Waals surface area contributed by atoms with Crippen LogP contribution in [0.5, 0.6) is 0 Å². The quantitative estimate of drug-likeness (QED) is 0.387. The van der Waals surface area contributed by atoms with Crippen LogP contribution in [-0.4, -0.2) is 22.3 Å². The Balaban J connectivity index is 3.28. The molecule has 3 heteroatoms. The van der Waals surface area contributed by atoms with E-state index in [9.17, 15) is 9.90 Å². The molecule has 0 saturated carbocycles. The summed E-state index contributed by atoms with van der Waals surface area (Å²) in [5.74, 6) is -0.748. The average Bonchev–Trinajstić information content (AvgIpc) is 2.37. The molecule has 0 aromatic carbocycles. The number of carbonyl (C=O) groups is 1. The fraction of sp³-hybridized carbons (Fsp3) is 0.812. The third-order valence-electron chi connectivity index (χ3n) is 3.23. The summed E-state index contributed by atoms with van der Waals surface area (Å²) in [5.41, 5.74) is 0. The first-order valence-electron chi connectivity index (χ1n) is 7.71. The minimum absolute atomic E-state index is 0.215. The smallest absolute Gasteiger partial charge is 0.303 e. The van der Waals surface area contributed by atoms with Crippen molar-refractivity contribution >= 4 is 5.97 Å². The van der Waals surface area contributed by atoms with E-state index in [1.807, 2.05) is 0 Å². The number of allylic oxidation sites excluding steroid dienone is 2. The maximum absolute atomic E-state index is 10.3. The Morgan fingerprint density at radius 1 is 1.00 bits per heavy atom. The van der Waals surface area contributed by atoms with E-state index in [-0.39, 0.29) is 12.5 Å². The highest BCUT2D eigenvalue weighted by Gasteiger charge is 2.04. The van der Waals surface area contributed by atoms with E-state index in [4.69, 9.17) is 5.11 Å². The minimum Gasteiger partial charge on any atom is -0.481 e. The van der Waals surface area contributed by atoms with Gasteiger partial charge in [-0.2, -0.15) is 0 Å². The molecule has 112 valence electrons. The molecule has 2 N–H and O–H groups in total. The SMILES string of the molecule is CCCCC/C=C/CCCC(O)CCCCC(=O)O. The summed E-state index contributed by atoms with van der Waals surface area (Å²) in [6, 6.07) is 0. The van der Waals surface area contributed by atoms with E-state index in [1.54, 1.807) is 0 Å². The minimum atomic E-state index is -0.748. The molecule has 0 heterocycles. The number of carboxylic acid groups (broad SMARTS) is 1. The zero-order valence-electron chi connectivity index (χ0n) is 12.3. The second kappa shape index (κ2) is 13.6. The molecule has 0 aliphatic carbocycles. The van der Waals surface area contributed by atoms with Gasteiger partial charge in [0.2, 0.25) is 0 Å². The van der Waals surface area contributed by atoms with Gasteiger partial charge in [0.15, 0.2) is 0 Å². The van der Waals surface area contributed by atoms with Crippen molar-refractivity contribution in [3.8, 4) is 0 Å². The third kappa shape index (κ3) is 15.1. The lowest BCUT2D eigenvalue weighted by Crippen LogP contribution is -2.06. The van der Waals surface area contributed by atoms with Crippen LogP contribution in [0.4, 0.5) is 0 Å². The molecule has 0 amide bonds. The third-order valence-corrected chi connectivity index (χ3v) is 3.23. The Hall–Kier alpha value is -0.830. The number of hydrogen-bond donors (Lipinski definition) is 2. The molecule has 0 spiro atoms. The number of aliphatic carboxylic acids is 1. The standard InChI is InChI=1S/C16H30O3/c1-2-3-4-5-6-7-8-9-12-15(17)13-10-11-14-16(18)19/h6-7,15,17H,2-5,8-14H2,1H3,(H,18,19)/b7-6+. The Labute approximate surface area is 117 Å². The molecular formula is C16H30O3. The van der Waals surface area contributed by atoms with Gasteiger partial charge in [0, 0.05) is 6.42 Å². The van der Waals surface area contributed by atoms with Crippen molar-refractivity contribution in [3.05, 3.63) is 12.2 Å². The zero-order chi connectivity index (χ0) is 14.3. The van der Waals surface area contributed by atoms with Gasteiger partial charge < -0.3 is 10.2 Å². The molecule has 0 aliphatic heterocycles. The van der Waals surface area contributed by atoms with E-state index >= 15 is 0 Å². The van der Waals surface area contributed by atoms with Crippen LogP contribution < -0.4 is 0 Å². The van der Waals surface area contributed by atoms with E-state index in [1.165, 1.54) is 25.7 Å². The predicted molar refractivity (Wildman–Crippen MR) is 79.2 cm³/mol. The van der Waals surface area contributed by atoms with E-state index < -0.39 is 5.97 Å². The highest BCUT2D eigenvalue weighted by atomic mass is 16.4. The van der Waals surface area contributed by atoms with Crippen LogP contribution in [0.25, 0.3) is 0 Å². The summed E-state index contributed by atoms with van der Waals surface area (Å²) in [7, 11) is 0. The Kier molecular flexibility index (Phi) is 13.0. The van der Waals surface area contributed by atoms with Gasteiger partial charge in [-0.15, -0.1) is 0 Å². The maximum Gasteiger partial charge on any atom is 0.303 e. The molecule has 0 saturated heterocycles. The Bertz CT molecular complexity index is 236. The summed E-state index contributed by atoms with van der Waals surface area (Å²) < 4.78 is 0. The van der Waals surface area contributed by atoms with Gasteiger partial charge in [0.25, 0.3) is 0 Å². The number of aliphatic hydroxyl groups excluding tert-OH is 1. The molecule has 0 fully saturated rings. The Morgan fingerprint density at radius 2 is 1.63 bits per heavy atom. The topological polar surface area (TPSA) is 57.5 Å². The van der Waals surface area contributed by atoms with E-state index in [2.05, 4.69) is 19.1 Å². The number of carboxylic acids is 1. The van der Waals surface area contributed by atoms with E-state index in [0.29, 0.717) is 6.42 Å². The summed E-state index contributed by atoms with van der Waals surface area (Å²) >= 11 is 0. The molecule has 1 unspecified atom stereocenters. The van der Waals surface area contributed by atoms with Crippen LogP contribution >= 0.6 is 0 Å². The predicted octanol–water partition coefficient (Wildman–Crippen LogP) is 4.30. The van der Waals surface area contributed by atoms with Crippen LogP contribution in [0.3, 0.4) is 0 Å². The van der Waals surface area contributed by atoms with Crippen molar-refractivity contribution in [2.75, 3.05) is 0 Å². The molecule has 1 atom stereocenters. The lowest BCUT2D eigenvalue weighted by molar-refractivity contribution is -0.137.